The molecule has 0 heterocycles. The summed E-state index contributed by atoms with van der Waals surface area (Å²) in [5, 5.41) is 6.22. The Balaban J connectivity index is 0.00000441. The first-order chi connectivity index (χ1) is 9.81. The molecule has 0 bridgehead atoms. The Kier molecular flexibility index (Phi) is 10.0. The van der Waals surface area contributed by atoms with Crippen molar-refractivity contribution in [3.05, 3.63) is 0 Å². The number of nitrogens with zero attached hydrogens (tertiary/aromatic N) is 2. The number of carbonyl (C=O) groups is 1. The molecule has 1 saturated carbocycles. The maximum atomic E-state index is 12.0. The van der Waals surface area contributed by atoms with Gasteiger partial charge in [0, 0.05) is 25.7 Å². The van der Waals surface area contributed by atoms with E-state index in [0.29, 0.717) is 6.54 Å². The van der Waals surface area contributed by atoms with Crippen LogP contribution < -0.4 is 10.6 Å². The standard InChI is InChI=1S/C16H32N4O.HI/c1-6-17-15(18-11-7-8-13-9-10-13)20(5)12-14(21)19-16(2,3)4;/h13H,6-12H2,1-5H3,(H,17,18)(H,19,21);1H. The summed E-state index contributed by atoms with van der Waals surface area (Å²) in [6.07, 6.45) is 5.23. The van der Waals surface area contributed by atoms with Gasteiger partial charge in [0.15, 0.2) is 5.96 Å². The Morgan fingerprint density at radius 2 is 1.95 bits per heavy atom. The number of hydrogen-bond donors (Lipinski definition) is 2. The molecular weight excluding hydrogens is 391 g/mol. The van der Waals surface area contributed by atoms with Crippen molar-refractivity contribution in [2.24, 2.45) is 10.9 Å². The topological polar surface area (TPSA) is 56.7 Å². The molecule has 6 heteroatoms. The lowest BCUT2D eigenvalue weighted by Gasteiger charge is -2.25. The van der Waals surface area contributed by atoms with Gasteiger partial charge in [-0.05, 0) is 46.5 Å². The van der Waals surface area contributed by atoms with Crippen LogP contribution in [0.2, 0.25) is 0 Å². The van der Waals surface area contributed by atoms with Gasteiger partial charge in [-0.25, -0.2) is 0 Å². The Morgan fingerprint density at radius 3 is 2.45 bits per heavy atom. The number of likely N-dealkylation sites (N-methyl/N-ethyl adjacent to an activating group) is 1. The van der Waals surface area contributed by atoms with Crippen molar-refractivity contribution in [2.45, 2.75) is 58.9 Å². The normalized spacial score (nSPS) is 15.0. The minimum absolute atomic E-state index is 0. The van der Waals surface area contributed by atoms with Gasteiger partial charge in [0.1, 0.15) is 0 Å². The SMILES string of the molecule is CCNC(=NCCCC1CC1)N(C)CC(=O)NC(C)(C)C.I. The molecule has 0 aromatic rings. The molecule has 1 aliphatic carbocycles. The highest BCUT2D eigenvalue weighted by atomic mass is 127. The van der Waals surface area contributed by atoms with E-state index in [1.165, 1.54) is 19.3 Å². The lowest BCUT2D eigenvalue weighted by molar-refractivity contribution is -0.122. The number of aliphatic imine (C=N–C) groups is 1. The van der Waals surface area contributed by atoms with E-state index < -0.39 is 0 Å². The lowest BCUT2D eigenvalue weighted by Crippen LogP contribution is -2.48. The molecule has 0 unspecified atom stereocenters. The summed E-state index contributed by atoms with van der Waals surface area (Å²) in [4.78, 5) is 18.5. The van der Waals surface area contributed by atoms with Crippen LogP contribution >= 0.6 is 24.0 Å². The number of halogens is 1. The molecule has 0 aliphatic heterocycles. The second kappa shape index (κ2) is 10.3. The Hall–Kier alpha value is -0.530. The zero-order valence-corrected chi connectivity index (χ0v) is 17.1. The second-order valence-corrected chi connectivity index (χ2v) is 6.98. The monoisotopic (exact) mass is 424 g/mol. The second-order valence-electron chi connectivity index (χ2n) is 6.98. The number of carbonyl (C=O) groups excluding carboxylic acids is 1. The lowest BCUT2D eigenvalue weighted by atomic mass is 10.1. The molecule has 0 radical (unpaired) electrons. The van der Waals surface area contributed by atoms with Crippen LogP contribution in [0.5, 0.6) is 0 Å². The number of hydrogen-bond acceptors (Lipinski definition) is 2. The van der Waals surface area contributed by atoms with Crippen LogP contribution in [0, 0.1) is 5.92 Å². The van der Waals surface area contributed by atoms with E-state index in [1.54, 1.807) is 0 Å². The minimum Gasteiger partial charge on any atom is -0.357 e. The van der Waals surface area contributed by atoms with Gasteiger partial charge in [0.2, 0.25) is 5.91 Å². The van der Waals surface area contributed by atoms with Gasteiger partial charge in [-0.2, -0.15) is 0 Å². The summed E-state index contributed by atoms with van der Waals surface area (Å²) in [7, 11) is 1.91. The largest absolute Gasteiger partial charge is 0.357 e. The number of rotatable bonds is 7. The fourth-order valence-electron chi connectivity index (χ4n) is 2.19. The molecule has 1 rings (SSSR count). The summed E-state index contributed by atoms with van der Waals surface area (Å²) in [6.45, 7) is 9.98. The van der Waals surface area contributed by atoms with E-state index >= 15 is 0 Å². The van der Waals surface area contributed by atoms with Crippen LogP contribution in [0.4, 0.5) is 0 Å². The first-order valence-electron chi connectivity index (χ1n) is 8.12. The predicted molar refractivity (Wildman–Crippen MR) is 104 cm³/mol. The van der Waals surface area contributed by atoms with Crippen molar-refractivity contribution in [3.63, 3.8) is 0 Å². The summed E-state index contributed by atoms with van der Waals surface area (Å²) < 4.78 is 0. The van der Waals surface area contributed by atoms with Crippen LogP contribution in [0.3, 0.4) is 0 Å². The molecule has 22 heavy (non-hydrogen) atoms. The molecule has 0 spiro atoms. The molecule has 1 amide bonds. The van der Waals surface area contributed by atoms with Gasteiger partial charge in [-0.15, -0.1) is 24.0 Å². The molecule has 1 aliphatic rings. The average Bonchev–Trinajstić information content (AvgIpc) is 3.14. The van der Waals surface area contributed by atoms with Gasteiger partial charge in [-0.3, -0.25) is 9.79 Å². The zero-order valence-electron chi connectivity index (χ0n) is 14.7. The summed E-state index contributed by atoms with van der Waals surface area (Å²) in [6, 6.07) is 0. The molecule has 0 atom stereocenters. The molecule has 0 saturated heterocycles. The van der Waals surface area contributed by atoms with Crippen molar-refractivity contribution in [1.29, 1.82) is 0 Å². The minimum atomic E-state index is -0.197. The smallest absolute Gasteiger partial charge is 0.240 e. The van der Waals surface area contributed by atoms with Gasteiger partial charge in [0.05, 0.1) is 6.54 Å². The van der Waals surface area contributed by atoms with E-state index in [-0.39, 0.29) is 35.4 Å². The van der Waals surface area contributed by atoms with Crippen molar-refractivity contribution >= 4 is 35.8 Å². The van der Waals surface area contributed by atoms with Crippen LogP contribution in [0.15, 0.2) is 4.99 Å². The van der Waals surface area contributed by atoms with E-state index in [4.69, 9.17) is 0 Å². The van der Waals surface area contributed by atoms with Gasteiger partial charge >= 0.3 is 0 Å². The fraction of sp³-hybridized carbons (Fsp3) is 0.875. The maximum absolute atomic E-state index is 12.0. The van der Waals surface area contributed by atoms with Gasteiger partial charge in [-0.1, -0.05) is 12.8 Å². The van der Waals surface area contributed by atoms with Gasteiger partial charge in [0.25, 0.3) is 0 Å². The number of guanidine groups is 1. The summed E-state index contributed by atoms with van der Waals surface area (Å²) in [5.41, 5.74) is -0.197. The number of amides is 1. The van der Waals surface area contributed by atoms with Gasteiger partial charge < -0.3 is 15.5 Å². The zero-order chi connectivity index (χ0) is 15.9. The molecule has 5 nitrogen and oxygen atoms in total. The van der Waals surface area contributed by atoms with E-state index in [1.807, 2.05) is 39.6 Å². The fourth-order valence-corrected chi connectivity index (χ4v) is 2.19. The van der Waals surface area contributed by atoms with Crippen LogP contribution in [-0.4, -0.2) is 49.0 Å². The highest BCUT2D eigenvalue weighted by Crippen LogP contribution is 2.33. The van der Waals surface area contributed by atoms with Crippen LogP contribution in [0.1, 0.15) is 53.4 Å². The molecular formula is C16H33IN4O. The van der Waals surface area contributed by atoms with Crippen LogP contribution in [-0.2, 0) is 4.79 Å². The van der Waals surface area contributed by atoms with E-state index in [0.717, 1.165) is 31.4 Å². The third kappa shape index (κ3) is 10.2. The van der Waals surface area contributed by atoms with E-state index in [9.17, 15) is 4.79 Å². The highest BCUT2D eigenvalue weighted by Gasteiger charge is 2.20. The maximum Gasteiger partial charge on any atom is 0.240 e. The van der Waals surface area contributed by atoms with Crippen molar-refractivity contribution in [3.8, 4) is 0 Å². The highest BCUT2D eigenvalue weighted by molar-refractivity contribution is 14.0. The third-order valence-corrected chi connectivity index (χ3v) is 3.32. The first-order valence-corrected chi connectivity index (χ1v) is 8.12. The third-order valence-electron chi connectivity index (χ3n) is 3.32. The van der Waals surface area contributed by atoms with Crippen molar-refractivity contribution < 1.29 is 4.79 Å². The van der Waals surface area contributed by atoms with Crippen molar-refractivity contribution in [2.75, 3.05) is 26.7 Å². The first kappa shape index (κ1) is 21.5. The van der Waals surface area contributed by atoms with Crippen LogP contribution in [0.25, 0.3) is 0 Å². The Morgan fingerprint density at radius 1 is 1.32 bits per heavy atom. The molecule has 2 N–H and O–H groups in total. The number of nitrogens with one attached hydrogen (secondary N) is 2. The van der Waals surface area contributed by atoms with E-state index in [2.05, 4.69) is 15.6 Å². The van der Waals surface area contributed by atoms with Crippen molar-refractivity contribution in [1.82, 2.24) is 15.5 Å². The Bertz CT molecular complexity index is 362. The molecule has 0 aromatic heterocycles. The molecule has 0 aromatic carbocycles. The molecule has 1 fully saturated rings. The quantitative estimate of drug-likeness (QED) is 0.286. The summed E-state index contributed by atoms with van der Waals surface area (Å²) >= 11 is 0. The molecule has 130 valence electrons. The summed E-state index contributed by atoms with van der Waals surface area (Å²) in [5.74, 6) is 1.80. The average molecular weight is 424 g/mol. The Labute approximate surface area is 152 Å². The predicted octanol–water partition coefficient (Wildman–Crippen LogP) is 2.61.